The highest BCUT2D eigenvalue weighted by molar-refractivity contribution is 9.10. The third-order valence-corrected chi connectivity index (χ3v) is 2.95. The maximum absolute atomic E-state index is 12.4. The van der Waals surface area contributed by atoms with Gasteiger partial charge in [0.2, 0.25) is 0 Å². The third-order valence-electron chi connectivity index (χ3n) is 2.46. The second-order valence-corrected chi connectivity index (χ2v) is 4.92. The van der Waals surface area contributed by atoms with Gasteiger partial charge in [0.1, 0.15) is 5.75 Å². The molecule has 7 heteroatoms. The topological polar surface area (TPSA) is 32.7 Å². The van der Waals surface area contributed by atoms with Crippen LogP contribution in [-0.2, 0) is 6.54 Å². The van der Waals surface area contributed by atoms with Crippen molar-refractivity contribution in [3.63, 3.8) is 0 Å². The summed E-state index contributed by atoms with van der Waals surface area (Å²) in [6, 6.07) is 5.15. The summed E-state index contributed by atoms with van der Waals surface area (Å²) < 4.78 is 43.2. The highest BCUT2D eigenvalue weighted by Gasteiger charge is 2.30. The maximum atomic E-state index is 12.4. The normalized spacial score (nSPS) is 11.9. The number of hydrogen-bond donors (Lipinski definition) is 1. The van der Waals surface area contributed by atoms with Gasteiger partial charge in [-0.05, 0) is 18.2 Å². The van der Waals surface area contributed by atoms with Crippen LogP contribution in [0.2, 0.25) is 0 Å². The van der Waals surface area contributed by atoms with Crippen LogP contribution in [0.3, 0.4) is 0 Å². The number of ether oxygens (including phenoxy) is 1. The molecule has 0 radical (unpaired) electrons. The zero-order valence-corrected chi connectivity index (χ0v) is 12.0. The minimum atomic E-state index is -4.30. The number of methoxy groups -OCH3 is 1. The van der Waals surface area contributed by atoms with E-state index in [0.29, 0.717) is 11.3 Å². The highest BCUT2D eigenvalue weighted by Crippen LogP contribution is 2.25. The van der Waals surface area contributed by atoms with Crippen molar-refractivity contribution >= 4 is 15.9 Å². The van der Waals surface area contributed by atoms with E-state index in [2.05, 4.69) is 15.9 Å². The van der Waals surface area contributed by atoms with Crippen LogP contribution in [0.25, 0.3) is 0 Å². The van der Waals surface area contributed by atoms with Crippen LogP contribution in [0.5, 0.6) is 5.75 Å². The molecule has 3 nitrogen and oxygen atoms in total. The standard InChI is InChI=1S/C12H15BrF3NO2/c1-19-11-3-2-10(13)6-9(11)7-17(4-5-18)8-12(14,15)16/h2-3,6,18H,4-5,7-8H2,1H3. The van der Waals surface area contributed by atoms with E-state index in [0.717, 1.165) is 9.37 Å². The first kappa shape index (κ1) is 16.3. The molecule has 1 N–H and O–H groups in total. The van der Waals surface area contributed by atoms with Gasteiger partial charge in [-0.2, -0.15) is 13.2 Å². The van der Waals surface area contributed by atoms with Gasteiger partial charge >= 0.3 is 6.18 Å². The second-order valence-electron chi connectivity index (χ2n) is 4.01. The van der Waals surface area contributed by atoms with E-state index in [-0.39, 0.29) is 19.7 Å². The van der Waals surface area contributed by atoms with Crippen molar-refractivity contribution in [3.8, 4) is 5.75 Å². The first-order valence-electron chi connectivity index (χ1n) is 5.58. The molecule has 0 atom stereocenters. The van der Waals surface area contributed by atoms with E-state index in [1.54, 1.807) is 18.2 Å². The summed E-state index contributed by atoms with van der Waals surface area (Å²) in [7, 11) is 1.47. The molecule has 0 heterocycles. The van der Waals surface area contributed by atoms with E-state index in [1.165, 1.54) is 7.11 Å². The summed E-state index contributed by atoms with van der Waals surface area (Å²) in [5.41, 5.74) is 0.634. The van der Waals surface area contributed by atoms with Gasteiger partial charge in [-0.15, -0.1) is 0 Å². The molecule has 0 aliphatic carbocycles. The molecular formula is C12H15BrF3NO2. The molecule has 1 aromatic carbocycles. The lowest BCUT2D eigenvalue weighted by Gasteiger charge is -2.23. The summed E-state index contributed by atoms with van der Waals surface area (Å²) in [5, 5.41) is 8.84. The molecule has 1 rings (SSSR count). The Bertz CT molecular complexity index is 412. The van der Waals surface area contributed by atoms with Gasteiger partial charge in [0.15, 0.2) is 0 Å². The van der Waals surface area contributed by atoms with Crippen LogP contribution in [-0.4, -0.2) is 43.0 Å². The van der Waals surface area contributed by atoms with Gasteiger partial charge in [0, 0.05) is 23.1 Å². The van der Waals surface area contributed by atoms with Crippen molar-refractivity contribution in [2.45, 2.75) is 12.7 Å². The van der Waals surface area contributed by atoms with E-state index in [1.807, 2.05) is 0 Å². The molecule has 0 bridgehead atoms. The molecule has 0 saturated heterocycles. The minimum Gasteiger partial charge on any atom is -0.496 e. The Morgan fingerprint density at radius 1 is 1.37 bits per heavy atom. The maximum Gasteiger partial charge on any atom is 0.401 e. The molecular weight excluding hydrogens is 327 g/mol. The lowest BCUT2D eigenvalue weighted by Crippen LogP contribution is -2.35. The van der Waals surface area contributed by atoms with Crippen LogP contribution in [0.15, 0.2) is 22.7 Å². The van der Waals surface area contributed by atoms with E-state index in [9.17, 15) is 13.2 Å². The lowest BCUT2D eigenvalue weighted by atomic mass is 10.2. The smallest absolute Gasteiger partial charge is 0.401 e. The Morgan fingerprint density at radius 3 is 2.58 bits per heavy atom. The van der Waals surface area contributed by atoms with E-state index in [4.69, 9.17) is 9.84 Å². The van der Waals surface area contributed by atoms with E-state index < -0.39 is 12.7 Å². The zero-order chi connectivity index (χ0) is 14.5. The fourth-order valence-electron chi connectivity index (χ4n) is 1.72. The predicted molar refractivity (Wildman–Crippen MR) is 69.1 cm³/mol. The molecule has 0 amide bonds. The van der Waals surface area contributed by atoms with Crippen LogP contribution in [0.4, 0.5) is 13.2 Å². The average molecular weight is 342 g/mol. The summed E-state index contributed by atoms with van der Waals surface area (Å²) in [6.45, 7) is -1.38. The highest BCUT2D eigenvalue weighted by atomic mass is 79.9. The quantitative estimate of drug-likeness (QED) is 0.863. The molecule has 0 saturated carbocycles. The van der Waals surface area contributed by atoms with Crippen LogP contribution >= 0.6 is 15.9 Å². The fourth-order valence-corrected chi connectivity index (χ4v) is 2.13. The van der Waals surface area contributed by atoms with Crippen LogP contribution in [0, 0.1) is 0 Å². The Balaban J connectivity index is 2.86. The van der Waals surface area contributed by atoms with Crippen LogP contribution in [0.1, 0.15) is 5.56 Å². The Kier molecular flexibility index (Phi) is 6.09. The number of aliphatic hydroxyl groups is 1. The fraction of sp³-hybridized carbons (Fsp3) is 0.500. The van der Waals surface area contributed by atoms with Gasteiger partial charge in [0.05, 0.1) is 20.3 Å². The van der Waals surface area contributed by atoms with Crippen molar-refractivity contribution in [3.05, 3.63) is 28.2 Å². The molecule has 19 heavy (non-hydrogen) atoms. The van der Waals surface area contributed by atoms with Gasteiger partial charge in [0.25, 0.3) is 0 Å². The number of nitrogens with zero attached hydrogens (tertiary/aromatic N) is 1. The number of rotatable bonds is 6. The molecule has 0 spiro atoms. The molecule has 0 fully saturated rings. The van der Waals surface area contributed by atoms with Crippen molar-refractivity contribution in [1.29, 1.82) is 0 Å². The number of hydrogen-bond acceptors (Lipinski definition) is 3. The zero-order valence-electron chi connectivity index (χ0n) is 10.4. The lowest BCUT2D eigenvalue weighted by molar-refractivity contribution is -0.148. The molecule has 0 aliphatic heterocycles. The van der Waals surface area contributed by atoms with E-state index >= 15 is 0 Å². The monoisotopic (exact) mass is 341 g/mol. The van der Waals surface area contributed by atoms with Crippen LogP contribution < -0.4 is 4.74 Å². The van der Waals surface area contributed by atoms with Gasteiger partial charge in [-0.25, -0.2) is 0 Å². The SMILES string of the molecule is COc1ccc(Br)cc1CN(CCO)CC(F)(F)F. The first-order valence-corrected chi connectivity index (χ1v) is 6.37. The second kappa shape index (κ2) is 7.12. The third kappa shape index (κ3) is 5.80. The molecule has 1 aromatic rings. The Labute approximate surface area is 118 Å². The molecule has 0 aromatic heterocycles. The van der Waals surface area contributed by atoms with Crippen molar-refractivity contribution in [1.82, 2.24) is 4.90 Å². The van der Waals surface area contributed by atoms with Crippen molar-refractivity contribution < 1.29 is 23.0 Å². The number of alkyl halides is 3. The Hall–Kier alpha value is -0.790. The predicted octanol–water partition coefficient (Wildman–Crippen LogP) is 2.81. The summed E-state index contributed by atoms with van der Waals surface area (Å²) >= 11 is 3.27. The van der Waals surface area contributed by atoms with Gasteiger partial charge in [-0.3, -0.25) is 4.90 Å². The number of aliphatic hydroxyl groups excluding tert-OH is 1. The first-order chi connectivity index (χ1) is 8.85. The largest absolute Gasteiger partial charge is 0.496 e. The van der Waals surface area contributed by atoms with Crippen molar-refractivity contribution in [2.24, 2.45) is 0 Å². The number of halogens is 4. The minimum absolute atomic E-state index is 0.0465. The summed E-state index contributed by atoms with van der Waals surface area (Å²) in [4.78, 5) is 1.13. The Morgan fingerprint density at radius 2 is 2.05 bits per heavy atom. The molecule has 0 unspecified atom stereocenters. The van der Waals surface area contributed by atoms with Gasteiger partial charge < -0.3 is 9.84 Å². The number of benzene rings is 1. The molecule has 0 aliphatic rings. The van der Waals surface area contributed by atoms with Crippen molar-refractivity contribution in [2.75, 3.05) is 26.8 Å². The van der Waals surface area contributed by atoms with Gasteiger partial charge in [-0.1, -0.05) is 15.9 Å². The summed E-state index contributed by atoms with van der Waals surface area (Å²) in [6.07, 6.45) is -4.30. The molecule has 108 valence electrons. The summed E-state index contributed by atoms with van der Waals surface area (Å²) in [5.74, 6) is 0.522. The average Bonchev–Trinajstić information content (AvgIpc) is 2.27.